The Morgan fingerprint density at radius 2 is 2.00 bits per heavy atom. The quantitative estimate of drug-likeness (QED) is 0.749. The molecular weight excluding hydrogens is 190 g/mol. The lowest BCUT2D eigenvalue weighted by Gasteiger charge is -2.36. The van der Waals surface area contributed by atoms with Crippen molar-refractivity contribution in [1.29, 1.82) is 0 Å². The van der Waals surface area contributed by atoms with Gasteiger partial charge in [-0.2, -0.15) is 0 Å². The molecule has 0 aliphatic carbocycles. The van der Waals surface area contributed by atoms with Gasteiger partial charge >= 0.3 is 0 Å². The molecule has 3 nitrogen and oxygen atoms in total. The van der Waals surface area contributed by atoms with Crippen LogP contribution in [0, 0.1) is 5.92 Å². The van der Waals surface area contributed by atoms with Gasteiger partial charge < -0.3 is 14.7 Å². The van der Waals surface area contributed by atoms with Crippen LogP contribution in [0.2, 0.25) is 0 Å². The van der Waals surface area contributed by atoms with Crippen molar-refractivity contribution in [3.8, 4) is 0 Å². The molecule has 0 amide bonds. The van der Waals surface area contributed by atoms with E-state index in [-0.39, 0.29) is 6.10 Å². The molecule has 2 atom stereocenters. The summed E-state index contributed by atoms with van der Waals surface area (Å²) in [7, 11) is 0. The second-order valence-electron chi connectivity index (χ2n) is 5.33. The zero-order valence-corrected chi connectivity index (χ0v) is 9.91. The number of aliphatic hydroxyl groups is 1. The van der Waals surface area contributed by atoms with Crippen molar-refractivity contribution in [2.24, 2.45) is 5.92 Å². The van der Waals surface area contributed by atoms with Gasteiger partial charge in [0.25, 0.3) is 0 Å². The summed E-state index contributed by atoms with van der Waals surface area (Å²) >= 11 is 0. The van der Waals surface area contributed by atoms with Crippen LogP contribution < -0.4 is 0 Å². The summed E-state index contributed by atoms with van der Waals surface area (Å²) in [6.45, 7) is 8.07. The molecule has 0 saturated carbocycles. The van der Waals surface area contributed by atoms with Crippen LogP contribution in [-0.4, -0.2) is 48.0 Å². The van der Waals surface area contributed by atoms with E-state index in [1.165, 1.54) is 12.8 Å². The Hall–Kier alpha value is -0.120. The lowest BCUT2D eigenvalue weighted by molar-refractivity contribution is -0.0530. The third kappa shape index (κ3) is 2.52. The maximum absolute atomic E-state index is 10.4. The van der Waals surface area contributed by atoms with Gasteiger partial charge in [-0.15, -0.1) is 0 Å². The molecule has 0 radical (unpaired) electrons. The molecule has 0 aromatic heterocycles. The summed E-state index contributed by atoms with van der Waals surface area (Å²) < 4.78 is 5.45. The molecule has 0 aromatic carbocycles. The van der Waals surface area contributed by atoms with Crippen LogP contribution in [0.3, 0.4) is 0 Å². The topological polar surface area (TPSA) is 32.7 Å². The summed E-state index contributed by atoms with van der Waals surface area (Å²) in [5, 5.41) is 10.4. The van der Waals surface area contributed by atoms with E-state index >= 15 is 0 Å². The number of nitrogens with zero attached hydrogens (tertiary/aromatic N) is 1. The van der Waals surface area contributed by atoms with Crippen molar-refractivity contribution in [3.05, 3.63) is 0 Å². The summed E-state index contributed by atoms with van der Waals surface area (Å²) in [6, 6.07) is 0. The summed E-state index contributed by atoms with van der Waals surface area (Å²) in [5.74, 6) is 0.855. The van der Waals surface area contributed by atoms with E-state index in [0.717, 1.165) is 32.0 Å². The van der Waals surface area contributed by atoms with E-state index in [2.05, 4.69) is 11.8 Å². The second kappa shape index (κ2) is 4.40. The number of hydrogen-bond acceptors (Lipinski definition) is 3. The van der Waals surface area contributed by atoms with Gasteiger partial charge in [0.1, 0.15) is 5.60 Å². The summed E-state index contributed by atoms with van der Waals surface area (Å²) in [5.41, 5.74) is -0.597. The monoisotopic (exact) mass is 213 g/mol. The van der Waals surface area contributed by atoms with Crippen molar-refractivity contribution < 1.29 is 9.84 Å². The molecule has 2 saturated heterocycles. The molecule has 0 aromatic rings. The van der Waals surface area contributed by atoms with Crippen LogP contribution in [0.1, 0.15) is 33.1 Å². The molecule has 15 heavy (non-hydrogen) atoms. The molecule has 1 N–H and O–H groups in total. The first-order valence-electron chi connectivity index (χ1n) is 6.16. The van der Waals surface area contributed by atoms with Gasteiger partial charge in [0, 0.05) is 19.6 Å². The summed E-state index contributed by atoms with van der Waals surface area (Å²) in [6.07, 6.45) is 3.33. The average Bonchev–Trinajstić information content (AvgIpc) is 2.51. The number of β-amino-alcohol motifs (C(OH)–C–C–N with tert-alkyl or cyclic N) is 1. The smallest absolute Gasteiger partial charge is 0.105 e. The highest BCUT2D eigenvalue weighted by atomic mass is 16.5. The lowest BCUT2D eigenvalue weighted by atomic mass is 9.93. The molecule has 0 bridgehead atoms. The fraction of sp³-hybridized carbons (Fsp3) is 1.00. The highest BCUT2D eigenvalue weighted by Gasteiger charge is 2.41. The molecular formula is C12H23NO2. The Morgan fingerprint density at radius 1 is 1.33 bits per heavy atom. The minimum absolute atomic E-state index is 0.00292. The number of piperidine rings is 1. The Balaban J connectivity index is 1.86. The van der Waals surface area contributed by atoms with E-state index in [1.54, 1.807) is 0 Å². The van der Waals surface area contributed by atoms with Crippen LogP contribution in [-0.2, 0) is 4.74 Å². The minimum Gasteiger partial charge on any atom is -0.386 e. The number of hydrogen-bond donors (Lipinski definition) is 1. The van der Waals surface area contributed by atoms with Crippen molar-refractivity contribution in [2.45, 2.75) is 44.8 Å². The fourth-order valence-corrected chi connectivity index (χ4v) is 2.59. The Kier molecular flexibility index (Phi) is 3.33. The number of likely N-dealkylation sites (tertiary alicyclic amines) is 1. The predicted octanol–water partition coefficient (Wildman–Crippen LogP) is 1.26. The first-order chi connectivity index (χ1) is 7.10. The third-order valence-corrected chi connectivity index (χ3v) is 4.03. The van der Waals surface area contributed by atoms with E-state index in [1.807, 2.05) is 6.92 Å². The van der Waals surface area contributed by atoms with E-state index in [9.17, 15) is 5.11 Å². The normalized spacial score (nSPS) is 39.8. The van der Waals surface area contributed by atoms with Gasteiger partial charge in [-0.25, -0.2) is 0 Å². The van der Waals surface area contributed by atoms with Gasteiger partial charge in [-0.3, -0.25) is 0 Å². The molecule has 2 heterocycles. The van der Waals surface area contributed by atoms with Crippen LogP contribution >= 0.6 is 0 Å². The lowest BCUT2D eigenvalue weighted by Crippen LogP contribution is -2.49. The van der Waals surface area contributed by atoms with E-state index < -0.39 is 5.60 Å². The number of rotatable bonds is 2. The maximum atomic E-state index is 10.4. The first-order valence-corrected chi connectivity index (χ1v) is 6.16. The Labute approximate surface area is 92.4 Å². The molecule has 88 valence electrons. The highest BCUT2D eigenvalue weighted by Crippen LogP contribution is 2.28. The Bertz CT molecular complexity index is 214. The van der Waals surface area contributed by atoms with Crippen molar-refractivity contribution in [3.63, 3.8) is 0 Å². The largest absolute Gasteiger partial charge is 0.386 e. The van der Waals surface area contributed by atoms with Crippen molar-refractivity contribution in [2.75, 3.05) is 26.2 Å². The van der Waals surface area contributed by atoms with Gasteiger partial charge in [0.2, 0.25) is 0 Å². The second-order valence-corrected chi connectivity index (χ2v) is 5.33. The zero-order chi connectivity index (χ0) is 10.9. The van der Waals surface area contributed by atoms with Gasteiger partial charge in [0.05, 0.1) is 6.10 Å². The van der Waals surface area contributed by atoms with Gasteiger partial charge in [0.15, 0.2) is 0 Å². The van der Waals surface area contributed by atoms with Crippen molar-refractivity contribution in [1.82, 2.24) is 4.90 Å². The van der Waals surface area contributed by atoms with E-state index in [4.69, 9.17) is 4.74 Å². The first kappa shape index (κ1) is 11.4. The molecule has 2 aliphatic heterocycles. The molecule has 2 fully saturated rings. The predicted molar refractivity (Wildman–Crippen MR) is 59.8 cm³/mol. The highest BCUT2D eigenvalue weighted by molar-refractivity contribution is 4.93. The van der Waals surface area contributed by atoms with Crippen LogP contribution in [0.25, 0.3) is 0 Å². The third-order valence-electron chi connectivity index (χ3n) is 4.03. The van der Waals surface area contributed by atoms with Crippen molar-refractivity contribution >= 4 is 0 Å². The van der Waals surface area contributed by atoms with Gasteiger partial charge in [-0.05, 0) is 38.8 Å². The van der Waals surface area contributed by atoms with Crippen LogP contribution in [0.5, 0.6) is 0 Å². The molecule has 3 heteroatoms. The average molecular weight is 213 g/mol. The molecule has 2 aliphatic rings. The van der Waals surface area contributed by atoms with Crippen LogP contribution in [0.4, 0.5) is 0 Å². The molecule has 0 spiro atoms. The summed E-state index contributed by atoms with van der Waals surface area (Å²) in [4.78, 5) is 2.39. The van der Waals surface area contributed by atoms with Gasteiger partial charge in [-0.1, -0.05) is 6.92 Å². The van der Waals surface area contributed by atoms with E-state index in [0.29, 0.717) is 6.61 Å². The number of ether oxygens (including phenoxy) is 1. The minimum atomic E-state index is -0.597. The zero-order valence-electron chi connectivity index (χ0n) is 9.91. The Morgan fingerprint density at radius 3 is 2.53 bits per heavy atom. The maximum Gasteiger partial charge on any atom is 0.105 e. The standard InChI is InChI=1S/C12H23NO2/c1-10-3-6-13(7-4-10)9-12(14)5-8-15-11(12)2/h10-11,14H,3-9H2,1-2H3. The fourth-order valence-electron chi connectivity index (χ4n) is 2.59. The molecule has 2 unspecified atom stereocenters. The molecule has 2 rings (SSSR count). The SMILES string of the molecule is CC1CCN(CC2(O)CCOC2C)CC1. The van der Waals surface area contributed by atoms with Crippen LogP contribution in [0.15, 0.2) is 0 Å².